The molecule has 0 amide bonds. The maximum absolute atomic E-state index is 12.8. The average Bonchev–Trinajstić information content (AvgIpc) is 2.80. The van der Waals surface area contributed by atoms with Crippen LogP contribution in [0.2, 0.25) is 0 Å². The van der Waals surface area contributed by atoms with Crippen molar-refractivity contribution in [3.63, 3.8) is 0 Å². The van der Waals surface area contributed by atoms with E-state index in [2.05, 4.69) is 6.92 Å². The predicted octanol–water partition coefficient (Wildman–Crippen LogP) is 3.14. The number of aliphatic hydroxyl groups excluding tert-OH is 1. The molecular formula is C14H25NO3S2. The topological polar surface area (TPSA) is 57.6 Å². The number of hydrogen-bond acceptors (Lipinski definition) is 4. The van der Waals surface area contributed by atoms with Gasteiger partial charge in [0.25, 0.3) is 10.0 Å². The van der Waals surface area contributed by atoms with E-state index < -0.39 is 10.0 Å². The molecule has 20 heavy (non-hydrogen) atoms. The number of sulfonamides is 1. The Morgan fingerprint density at radius 1 is 1.40 bits per heavy atom. The molecule has 4 nitrogen and oxygen atoms in total. The summed E-state index contributed by atoms with van der Waals surface area (Å²) in [6, 6.07) is 1.67. The standard InChI is InChI=1S/C14H25NO3S2/c1-5-7-8-15(12(4)6-2)20(17,18)14-9-11(3)13(10-16)19-14/h9,12,16H,5-8,10H2,1-4H3. The summed E-state index contributed by atoms with van der Waals surface area (Å²) in [6.45, 7) is 8.28. The van der Waals surface area contributed by atoms with Crippen LogP contribution in [0.3, 0.4) is 0 Å². The molecule has 0 saturated carbocycles. The maximum Gasteiger partial charge on any atom is 0.252 e. The number of rotatable bonds is 8. The molecule has 0 saturated heterocycles. The maximum atomic E-state index is 12.8. The molecular weight excluding hydrogens is 294 g/mol. The Morgan fingerprint density at radius 3 is 2.50 bits per heavy atom. The number of nitrogens with zero attached hydrogens (tertiary/aromatic N) is 1. The van der Waals surface area contributed by atoms with Crippen LogP contribution in [-0.4, -0.2) is 30.4 Å². The molecule has 0 spiro atoms. The van der Waals surface area contributed by atoms with E-state index in [1.165, 1.54) is 11.3 Å². The second-order valence-corrected chi connectivity index (χ2v) is 8.31. The fraction of sp³-hybridized carbons (Fsp3) is 0.714. The second kappa shape index (κ2) is 7.54. The Kier molecular flexibility index (Phi) is 6.64. The highest BCUT2D eigenvalue weighted by atomic mass is 32.2. The highest BCUT2D eigenvalue weighted by molar-refractivity contribution is 7.91. The quantitative estimate of drug-likeness (QED) is 0.801. The van der Waals surface area contributed by atoms with Gasteiger partial charge in [0.15, 0.2) is 0 Å². The highest BCUT2D eigenvalue weighted by Crippen LogP contribution is 2.30. The van der Waals surface area contributed by atoms with Gasteiger partial charge in [-0.25, -0.2) is 8.42 Å². The average molecular weight is 319 g/mol. The van der Waals surface area contributed by atoms with Crippen LogP contribution >= 0.6 is 11.3 Å². The highest BCUT2D eigenvalue weighted by Gasteiger charge is 2.29. The van der Waals surface area contributed by atoms with Crippen molar-refractivity contribution < 1.29 is 13.5 Å². The van der Waals surface area contributed by atoms with Gasteiger partial charge in [-0.15, -0.1) is 11.3 Å². The van der Waals surface area contributed by atoms with Crippen molar-refractivity contribution in [1.82, 2.24) is 4.31 Å². The van der Waals surface area contributed by atoms with E-state index in [0.717, 1.165) is 29.7 Å². The van der Waals surface area contributed by atoms with E-state index in [1.807, 2.05) is 20.8 Å². The van der Waals surface area contributed by atoms with E-state index in [-0.39, 0.29) is 12.6 Å². The summed E-state index contributed by atoms with van der Waals surface area (Å²) >= 11 is 1.18. The Morgan fingerprint density at radius 2 is 2.05 bits per heavy atom. The number of unbranched alkanes of at least 4 members (excludes halogenated alkanes) is 1. The minimum Gasteiger partial charge on any atom is -0.391 e. The van der Waals surface area contributed by atoms with Gasteiger partial charge in [0, 0.05) is 17.5 Å². The summed E-state index contributed by atoms with van der Waals surface area (Å²) in [6.07, 6.45) is 2.62. The molecule has 0 aliphatic rings. The zero-order chi connectivity index (χ0) is 15.3. The number of aliphatic hydroxyl groups is 1. The van der Waals surface area contributed by atoms with Gasteiger partial charge in [0.1, 0.15) is 4.21 Å². The molecule has 1 atom stereocenters. The second-order valence-electron chi connectivity index (χ2n) is 5.06. The van der Waals surface area contributed by atoms with Gasteiger partial charge in [-0.2, -0.15) is 4.31 Å². The number of hydrogen-bond donors (Lipinski definition) is 1. The van der Waals surface area contributed by atoms with Crippen molar-refractivity contribution in [3.05, 3.63) is 16.5 Å². The van der Waals surface area contributed by atoms with Gasteiger partial charge in [0.05, 0.1) is 6.61 Å². The molecule has 0 aliphatic carbocycles. The molecule has 0 aromatic carbocycles. The molecule has 116 valence electrons. The SMILES string of the molecule is CCCCN(C(C)CC)S(=O)(=O)c1cc(C)c(CO)s1. The fourth-order valence-electron chi connectivity index (χ4n) is 1.98. The van der Waals surface area contributed by atoms with Gasteiger partial charge < -0.3 is 5.11 Å². The number of aryl methyl sites for hydroxylation is 1. The summed E-state index contributed by atoms with van der Waals surface area (Å²) in [7, 11) is -3.46. The monoisotopic (exact) mass is 319 g/mol. The van der Waals surface area contributed by atoms with Crippen molar-refractivity contribution in [2.75, 3.05) is 6.54 Å². The minimum absolute atomic E-state index is 0.00784. The third-order valence-corrected chi connectivity index (χ3v) is 7.20. The van der Waals surface area contributed by atoms with Gasteiger partial charge in [0.2, 0.25) is 0 Å². The normalized spacial score (nSPS) is 13.9. The van der Waals surface area contributed by atoms with Crippen molar-refractivity contribution in [3.8, 4) is 0 Å². The van der Waals surface area contributed by atoms with Gasteiger partial charge >= 0.3 is 0 Å². The molecule has 6 heteroatoms. The van der Waals surface area contributed by atoms with Crippen LogP contribution in [0, 0.1) is 6.92 Å². The fourth-order valence-corrected chi connectivity index (χ4v) is 5.31. The van der Waals surface area contributed by atoms with Crippen LogP contribution < -0.4 is 0 Å². The van der Waals surface area contributed by atoms with E-state index in [1.54, 1.807) is 10.4 Å². The lowest BCUT2D eigenvalue weighted by atomic mass is 10.2. The first-order valence-electron chi connectivity index (χ1n) is 7.10. The van der Waals surface area contributed by atoms with E-state index in [4.69, 9.17) is 0 Å². The van der Waals surface area contributed by atoms with Crippen LogP contribution in [0.5, 0.6) is 0 Å². The molecule has 1 aromatic heterocycles. The molecule has 1 heterocycles. The summed E-state index contributed by atoms with van der Waals surface area (Å²) in [4.78, 5) is 0.725. The van der Waals surface area contributed by atoms with Crippen LogP contribution in [0.4, 0.5) is 0 Å². The Labute approximate surface area is 126 Å². The third kappa shape index (κ3) is 3.81. The van der Waals surface area contributed by atoms with Gasteiger partial charge in [-0.3, -0.25) is 0 Å². The van der Waals surface area contributed by atoms with Crippen LogP contribution in [0.25, 0.3) is 0 Å². The largest absolute Gasteiger partial charge is 0.391 e. The molecule has 1 rings (SSSR count). The first kappa shape index (κ1) is 17.6. The lowest BCUT2D eigenvalue weighted by Crippen LogP contribution is -2.38. The Balaban J connectivity index is 3.14. The summed E-state index contributed by atoms with van der Waals surface area (Å²) in [5.74, 6) is 0. The van der Waals surface area contributed by atoms with Crippen LogP contribution in [0.15, 0.2) is 10.3 Å². The van der Waals surface area contributed by atoms with Gasteiger partial charge in [-0.1, -0.05) is 20.3 Å². The summed E-state index contributed by atoms with van der Waals surface area (Å²) in [5.41, 5.74) is 0.843. The molecule has 0 fully saturated rings. The van der Waals surface area contributed by atoms with E-state index >= 15 is 0 Å². The van der Waals surface area contributed by atoms with E-state index in [9.17, 15) is 13.5 Å². The van der Waals surface area contributed by atoms with Gasteiger partial charge in [-0.05, 0) is 38.3 Å². The van der Waals surface area contributed by atoms with Crippen molar-refractivity contribution in [1.29, 1.82) is 0 Å². The number of thiophene rings is 1. The smallest absolute Gasteiger partial charge is 0.252 e. The van der Waals surface area contributed by atoms with Crippen LogP contribution in [0.1, 0.15) is 50.5 Å². The molecule has 0 radical (unpaired) electrons. The Bertz CT molecular complexity index is 523. The lowest BCUT2D eigenvalue weighted by Gasteiger charge is -2.26. The molecule has 1 N–H and O–H groups in total. The zero-order valence-corrected chi connectivity index (χ0v) is 14.4. The Hall–Kier alpha value is -0.430. The van der Waals surface area contributed by atoms with E-state index in [0.29, 0.717) is 10.8 Å². The zero-order valence-electron chi connectivity index (χ0n) is 12.7. The minimum atomic E-state index is -3.46. The third-order valence-electron chi connectivity index (χ3n) is 3.52. The summed E-state index contributed by atoms with van der Waals surface area (Å²) < 4.78 is 27.5. The van der Waals surface area contributed by atoms with Crippen LogP contribution in [-0.2, 0) is 16.6 Å². The van der Waals surface area contributed by atoms with Crippen molar-refractivity contribution in [2.45, 2.75) is 63.8 Å². The van der Waals surface area contributed by atoms with Crippen molar-refractivity contribution in [2.24, 2.45) is 0 Å². The molecule has 0 aliphatic heterocycles. The molecule has 1 unspecified atom stereocenters. The molecule has 0 bridgehead atoms. The molecule has 1 aromatic rings. The predicted molar refractivity (Wildman–Crippen MR) is 83.5 cm³/mol. The van der Waals surface area contributed by atoms with Crippen molar-refractivity contribution >= 4 is 21.4 Å². The lowest BCUT2D eigenvalue weighted by molar-refractivity contribution is 0.285. The first-order chi connectivity index (χ1) is 9.38. The first-order valence-corrected chi connectivity index (χ1v) is 9.36. The summed E-state index contributed by atoms with van der Waals surface area (Å²) in [5, 5.41) is 9.23.